The highest BCUT2D eigenvalue weighted by Gasteiger charge is 2.23. The third-order valence-corrected chi connectivity index (χ3v) is 5.07. The van der Waals surface area contributed by atoms with Crippen LogP contribution in [0.5, 0.6) is 0 Å². The van der Waals surface area contributed by atoms with Gasteiger partial charge in [0.25, 0.3) is 0 Å². The number of hydrogen-bond donors (Lipinski definition) is 0. The van der Waals surface area contributed by atoms with Crippen molar-refractivity contribution in [2.75, 3.05) is 24.6 Å². The van der Waals surface area contributed by atoms with E-state index >= 15 is 0 Å². The van der Waals surface area contributed by atoms with Crippen molar-refractivity contribution in [2.24, 2.45) is 0 Å². The molecule has 1 aliphatic rings. The van der Waals surface area contributed by atoms with Gasteiger partial charge >= 0.3 is 5.69 Å². The fourth-order valence-corrected chi connectivity index (χ4v) is 3.43. The first-order valence-electron chi connectivity index (χ1n) is 9.36. The molecular weight excluding hydrogens is 395 g/mol. The van der Waals surface area contributed by atoms with Crippen molar-refractivity contribution in [3.63, 3.8) is 0 Å². The minimum atomic E-state index is -0.355. The predicted octanol–water partition coefficient (Wildman–Crippen LogP) is 2.93. The van der Waals surface area contributed by atoms with Gasteiger partial charge in [-0.25, -0.2) is 14.2 Å². The highest BCUT2D eigenvalue weighted by molar-refractivity contribution is 6.30. The molecule has 6 nitrogen and oxygen atoms in total. The van der Waals surface area contributed by atoms with Gasteiger partial charge in [0.05, 0.1) is 19.3 Å². The number of hydrogen-bond acceptors (Lipinski definition) is 5. The lowest BCUT2D eigenvalue weighted by Crippen LogP contribution is -2.45. The summed E-state index contributed by atoms with van der Waals surface area (Å²) in [5, 5.41) is 0.648. The number of aromatic nitrogens is 3. The lowest BCUT2D eigenvalue weighted by Gasteiger charge is -2.33. The molecule has 0 amide bonds. The summed E-state index contributed by atoms with van der Waals surface area (Å²) >= 11 is 5.90. The van der Waals surface area contributed by atoms with Gasteiger partial charge in [-0.15, -0.1) is 0 Å². The van der Waals surface area contributed by atoms with Gasteiger partial charge in [-0.05, 0) is 35.4 Å². The zero-order valence-electron chi connectivity index (χ0n) is 15.7. The van der Waals surface area contributed by atoms with Crippen molar-refractivity contribution < 1.29 is 9.13 Å². The summed E-state index contributed by atoms with van der Waals surface area (Å²) in [5.41, 5.74) is 1.59. The summed E-state index contributed by atoms with van der Waals surface area (Å²) in [5.74, 6) is 0.141. The molecule has 3 aromatic rings. The molecule has 2 aromatic carbocycles. The lowest BCUT2D eigenvalue weighted by molar-refractivity contribution is 0.0404. The van der Waals surface area contributed by atoms with E-state index in [0.717, 1.165) is 11.1 Å². The van der Waals surface area contributed by atoms with Crippen LogP contribution >= 0.6 is 11.6 Å². The molecule has 0 N–H and O–H groups in total. The Kier molecular flexibility index (Phi) is 5.87. The van der Waals surface area contributed by atoms with Crippen LogP contribution in [0.25, 0.3) is 0 Å². The molecule has 4 rings (SSSR count). The fraction of sp³-hybridized carbons (Fsp3) is 0.286. The molecule has 1 atom stereocenters. The Labute approximate surface area is 172 Å². The van der Waals surface area contributed by atoms with E-state index in [9.17, 15) is 9.18 Å². The van der Waals surface area contributed by atoms with Crippen molar-refractivity contribution in [2.45, 2.75) is 19.1 Å². The maximum absolute atomic E-state index is 13.1. The molecular formula is C21H20ClFN4O2. The second-order valence-electron chi connectivity index (χ2n) is 6.96. The van der Waals surface area contributed by atoms with Gasteiger partial charge in [0.15, 0.2) is 0 Å². The van der Waals surface area contributed by atoms with Gasteiger partial charge in [-0.3, -0.25) is 4.57 Å². The van der Waals surface area contributed by atoms with Gasteiger partial charge in [-0.2, -0.15) is 4.98 Å². The van der Waals surface area contributed by atoms with Crippen LogP contribution in [0.15, 0.2) is 59.7 Å². The number of rotatable bonds is 5. The van der Waals surface area contributed by atoms with Crippen LogP contribution in [0.4, 0.5) is 10.3 Å². The number of ether oxygens (including phenoxy) is 1. The number of nitrogens with zero attached hydrogens (tertiary/aromatic N) is 4. The first kappa shape index (κ1) is 19.5. The Morgan fingerprint density at radius 1 is 1.10 bits per heavy atom. The molecule has 29 heavy (non-hydrogen) atoms. The second kappa shape index (κ2) is 8.71. The van der Waals surface area contributed by atoms with E-state index in [0.29, 0.717) is 43.6 Å². The van der Waals surface area contributed by atoms with Crippen LogP contribution in [0.2, 0.25) is 5.02 Å². The summed E-state index contributed by atoms with van der Waals surface area (Å²) in [6.45, 7) is 2.08. The minimum Gasteiger partial charge on any atom is -0.374 e. The van der Waals surface area contributed by atoms with Crippen molar-refractivity contribution in [3.8, 4) is 0 Å². The zero-order chi connectivity index (χ0) is 20.2. The van der Waals surface area contributed by atoms with Crippen molar-refractivity contribution in [3.05, 3.63) is 87.3 Å². The molecule has 1 fully saturated rings. The third kappa shape index (κ3) is 4.99. The molecule has 1 unspecified atom stereocenters. The minimum absolute atomic E-state index is 0.0747. The van der Waals surface area contributed by atoms with Gasteiger partial charge in [0.1, 0.15) is 12.1 Å². The third-order valence-electron chi connectivity index (χ3n) is 4.82. The number of halogens is 2. The Morgan fingerprint density at radius 3 is 2.55 bits per heavy atom. The maximum Gasteiger partial charge on any atom is 0.352 e. The average Bonchev–Trinajstić information content (AvgIpc) is 2.73. The zero-order valence-corrected chi connectivity index (χ0v) is 16.4. The van der Waals surface area contributed by atoms with Crippen molar-refractivity contribution in [1.82, 2.24) is 14.5 Å². The van der Waals surface area contributed by atoms with Gasteiger partial charge < -0.3 is 9.64 Å². The normalized spacial score (nSPS) is 16.8. The monoisotopic (exact) mass is 414 g/mol. The summed E-state index contributed by atoms with van der Waals surface area (Å²) in [7, 11) is 0. The van der Waals surface area contributed by atoms with E-state index < -0.39 is 0 Å². The van der Waals surface area contributed by atoms with Crippen molar-refractivity contribution in [1.29, 1.82) is 0 Å². The highest BCUT2D eigenvalue weighted by atomic mass is 35.5. The van der Waals surface area contributed by atoms with Crippen LogP contribution in [-0.4, -0.2) is 40.3 Å². The lowest BCUT2D eigenvalue weighted by atomic mass is 10.1. The fourth-order valence-electron chi connectivity index (χ4n) is 3.30. The van der Waals surface area contributed by atoms with E-state index in [4.69, 9.17) is 16.3 Å². The average molecular weight is 415 g/mol. The van der Waals surface area contributed by atoms with Gasteiger partial charge in [0, 0.05) is 24.5 Å². The first-order chi connectivity index (χ1) is 14.1. The predicted molar refractivity (Wildman–Crippen MR) is 109 cm³/mol. The van der Waals surface area contributed by atoms with E-state index in [2.05, 4.69) is 9.97 Å². The molecule has 1 saturated heterocycles. The standard InChI is InChI=1S/C21H20ClFN4O2/c22-17-5-1-16(2-6-17)12-27-14-24-20(25-21(27)28)26-9-10-29-19(13-26)11-15-3-7-18(23)8-4-15/h1-8,14,19H,9-13H2. The molecule has 0 radical (unpaired) electrons. The largest absolute Gasteiger partial charge is 0.374 e. The molecule has 8 heteroatoms. The number of anilines is 1. The summed E-state index contributed by atoms with van der Waals surface area (Å²) in [4.78, 5) is 22.9. The number of benzene rings is 2. The molecule has 150 valence electrons. The van der Waals surface area contributed by atoms with Crippen LogP contribution in [0.1, 0.15) is 11.1 Å². The Morgan fingerprint density at radius 2 is 1.83 bits per heavy atom. The van der Waals surface area contributed by atoms with Gasteiger partial charge in [-0.1, -0.05) is 35.9 Å². The molecule has 1 aliphatic heterocycles. The van der Waals surface area contributed by atoms with Crippen molar-refractivity contribution >= 4 is 17.5 Å². The first-order valence-corrected chi connectivity index (χ1v) is 9.73. The van der Waals surface area contributed by atoms with Crippen LogP contribution < -0.4 is 10.6 Å². The van der Waals surface area contributed by atoms with Crippen LogP contribution in [0, 0.1) is 5.82 Å². The Bertz CT molecular complexity index is 1020. The van der Waals surface area contributed by atoms with Crippen LogP contribution in [0.3, 0.4) is 0 Å². The second-order valence-corrected chi connectivity index (χ2v) is 7.40. The summed E-state index contributed by atoms with van der Waals surface area (Å²) < 4.78 is 20.4. The molecule has 0 bridgehead atoms. The molecule has 1 aromatic heterocycles. The smallest absolute Gasteiger partial charge is 0.352 e. The van der Waals surface area contributed by atoms with Crippen LogP contribution in [-0.2, 0) is 17.7 Å². The van der Waals surface area contributed by atoms with E-state index in [1.807, 2.05) is 17.0 Å². The van der Waals surface area contributed by atoms with E-state index in [1.165, 1.54) is 23.0 Å². The Hall–Kier alpha value is -2.77. The molecule has 0 aliphatic carbocycles. The Balaban J connectivity index is 1.43. The topological polar surface area (TPSA) is 60.3 Å². The van der Waals surface area contributed by atoms with E-state index in [-0.39, 0.29) is 17.6 Å². The highest BCUT2D eigenvalue weighted by Crippen LogP contribution is 2.16. The molecule has 0 spiro atoms. The quantitative estimate of drug-likeness (QED) is 0.642. The molecule has 0 saturated carbocycles. The van der Waals surface area contributed by atoms with Gasteiger partial charge in [0.2, 0.25) is 5.95 Å². The summed E-state index contributed by atoms with van der Waals surface area (Å²) in [6, 6.07) is 13.7. The number of morpholine rings is 1. The van der Waals surface area contributed by atoms with E-state index in [1.54, 1.807) is 24.3 Å². The SMILES string of the molecule is O=c1nc(N2CCOC(Cc3ccc(F)cc3)C2)ncn1Cc1ccc(Cl)cc1. The maximum atomic E-state index is 13.1. The summed E-state index contributed by atoms with van der Waals surface area (Å²) in [6.07, 6.45) is 2.10. The molecule has 2 heterocycles.